The molecule has 0 aliphatic heterocycles. The van der Waals surface area contributed by atoms with E-state index in [1.807, 2.05) is 19.1 Å². The molecule has 28 heavy (non-hydrogen) atoms. The number of benzene rings is 2. The lowest BCUT2D eigenvalue weighted by molar-refractivity contribution is -0.384. The van der Waals surface area contributed by atoms with Crippen molar-refractivity contribution < 1.29 is 14.5 Å². The molecule has 0 bridgehead atoms. The highest BCUT2D eigenvalue weighted by atomic mass is 35.5. The third-order valence-corrected chi connectivity index (χ3v) is 4.01. The van der Waals surface area contributed by atoms with Gasteiger partial charge in [0.05, 0.1) is 11.0 Å². The number of carbonyl (C=O) groups is 2. The first-order valence-electron chi connectivity index (χ1n) is 8.43. The fraction of sp³-hybridized carbons (Fsp3) is 0.263. The van der Waals surface area contributed by atoms with E-state index in [4.69, 9.17) is 5.73 Å². The number of non-ortho nitro benzene ring substituents is 1. The van der Waals surface area contributed by atoms with Crippen LogP contribution in [0.2, 0.25) is 0 Å². The Bertz CT molecular complexity index is 825. The van der Waals surface area contributed by atoms with E-state index >= 15 is 0 Å². The van der Waals surface area contributed by atoms with Crippen LogP contribution in [0.4, 0.5) is 11.4 Å². The van der Waals surface area contributed by atoms with Crippen LogP contribution >= 0.6 is 12.4 Å². The van der Waals surface area contributed by atoms with E-state index in [1.54, 1.807) is 31.2 Å². The van der Waals surface area contributed by atoms with Crippen LogP contribution in [0.5, 0.6) is 0 Å². The fourth-order valence-corrected chi connectivity index (χ4v) is 2.37. The summed E-state index contributed by atoms with van der Waals surface area (Å²) in [6, 6.07) is 11.5. The standard InChI is InChI=1S/C19H22N4O4.ClH/c1-12-3-7-15(8-4-12)22-18(24)13(2)21-19(25)17(20)11-14-5-9-16(10-6-14)23(26)27;/h3-10,13,17H,11,20H2,1-2H3,(H,21,25)(H,22,24);1H/t13-,17-;/m0./s1. The molecule has 0 aliphatic rings. The number of nitrogens with one attached hydrogen (secondary N) is 2. The van der Waals surface area contributed by atoms with Crippen LogP contribution in [0.1, 0.15) is 18.1 Å². The summed E-state index contributed by atoms with van der Waals surface area (Å²) < 4.78 is 0. The van der Waals surface area contributed by atoms with Gasteiger partial charge in [-0.2, -0.15) is 0 Å². The first-order valence-corrected chi connectivity index (χ1v) is 8.43. The molecular formula is C19H23ClN4O4. The minimum Gasteiger partial charge on any atom is -0.343 e. The second-order valence-corrected chi connectivity index (χ2v) is 6.32. The van der Waals surface area contributed by atoms with Crippen molar-refractivity contribution in [2.45, 2.75) is 32.4 Å². The monoisotopic (exact) mass is 406 g/mol. The molecule has 8 nitrogen and oxygen atoms in total. The Kier molecular flexibility index (Phi) is 8.56. The number of carbonyl (C=O) groups excluding carboxylic acids is 2. The number of aryl methyl sites for hydroxylation is 1. The molecule has 0 aromatic heterocycles. The molecule has 2 aromatic rings. The van der Waals surface area contributed by atoms with Gasteiger partial charge in [0, 0.05) is 17.8 Å². The molecule has 0 unspecified atom stereocenters. The van der Waals surface area contributed by atoms with Crippen LogP contribution in [0.15, 0.2) is 48.5 Å². The van der Waals surface area contributed by atoms with Crippen LogP contribution < -0.4 is 16.4 Å². The van der Waals surface area contributed by atoms with E-state index in [0.717, 1.165) is 5.56 Å². The summed E-state index contributed by atoms with van der Waals surface area (Å²) in [5.74, 6) is -0.824. The van der Waals surface area contributed by atoms with Crippen LogP contribution in [0, 0.1) is 17.0 Å². The van der Waals surface area contributed by atoms with E-state index in [0.29, 0.717) is 11.3 Å². The molecule has 0 heterocycles. The number of nitrogens with zero attached hydrogens (tertiary/aromatic N) is 1. The van der Waals surface area contributed by atoms with E-state index in [2.05, 4.69) is 10.6 Å². The third-order valence-electron chi connectivity index (χ3n) is 4.01. The Morgan fingerprint density at radius 3 is 2.18 bits per heavy atom. The first-order chi connectivity index (χ1) is 12.8. The zero-order valence-electron chi connectivity index (χ0n) is 15.5. The van der Waals surface area contributed by atoms with E-state index in [1.165, 1.54) is 12.1 Å². The molecular weight excluding hydrogens is 384 g/mol. The minimum atomic E-state index is -0.874. The molecule has 2 atom stereocenters. The van der Waals surface area contributed by atoms with Gasteiger partial charge in [0.15, 0.2) is 0 Å². The van der Waals surface area contributed by atoms with Crippen LogP contribution in [0.25, 0.3) is 0 Å². The Labute approximate surface area is 169 Å². The summed E-state index contributed by atoms with van der Waals surface area (Å²) in [4.78, 5) is 34.6. The number of nitrogens with two attached hydrogens (primary N) is 1. The Morgan fingerprint density at radius 1 is 1.07 bits per heavy atom. The molecule has 9 heteroatoms. The van der Waals surface area contributed by atoms with Gasteiger partial charge in [0.25, 0.3) is 5.69 Å². The van der Waals surface area contributed by atoms with Gasteiger partial charge in [0.2, 0.25) is 11.8 Å². The van der Waals surface area contributed by atoms with Crippen molar-refractivity contribution in [1.29, 1.82) is 0 Å². The van der Waals surface area contributed by atoms with E-state index < -0.39 is 22.9 Å². The first kappa shape index (κ1) is 23.1. The maximum Gasteiger partial charge on any atom is 0.269 e. The highest BCUT2D eigenvalue weighted by Gasteiger charge is 2.20. The van der Waals surface area contributed by atoms with E-state index in [-0.39, 0.29) is 30.4 Å². The van der Waals surface area contributed by atoms with Crippen molar-refractivity contribution in [3.8, 4) is 0 Å². The third kappa shape index (κ3) is 6.64. The highest BCUT2D eigenvalue weighted by molar-refractivity contribution is 5.97. The quantitative estimate of drug-likeness (QED) is 0.480. The van der Waals surface area contributed by atoms with Gasteiger partial charge in [-0.1, -0.05) is 29.8 Å². The SMILES string of the molecule is Cc1ccc(NC(=O)[C@H](C)NC(=O)[C@@H](N)Cc2ccc([N+](=O)[O-])cc2)cc1.Cl. The molecule has 0 aliphatic carbocycles. The van der Waals surface area contributed by atoms with E-state index in [9.17, 15) is 19.7 Å². The molecule has 0 saturated heterocycles. The second kappa shape index (κ2) is 10.4. The van der Waals surface area contributed by atoms with Crippen molar-refractivity contribution in [3.63, 3.8) is 0 Å². The topological polar surface area (TPSA) is 127 Å². The lowest BCUT2D eigenvalue weighted by atomic mass is 10.1. The molecule has 2 aromatic carbocycles. The number of halogens is 1. The lowest BCUT2D eigenvalue weighted by Gasteiger charge is -2.17. The van der Waals surface area contributed by atoms with Crippen molar-refractivity contribution in [2.24, 2.45) is 5.73 Å². The number of hydrogen-bond donors (Lipinski definition) is 3. The fourth-order valence-electron chi connectivity index (χ4n) is 2.37. The second-order valence-electron chi connectivity index (χ2n) is 6.32. The summed E-state index contributed by atoms with van der Waals surface area (Å²) in [6.07, 6.45) is 0.204. The predicted octanol–water partition coefficient (Wildman–Crippen LogP) is 2.34. The minimum absolute atomic E-state index is 0. The Balaban J connectivity index is 0.00000392. The normalized spacial score (nSPS) is 12.2. The lowest BCUT2D eigenvalue weighted by Crippen LogP contribution is -2.49. The summed E-state index contributed by atoms with van der Waals surface area (Å²) in [7, 11) is 0. The smallest absolute Gasteiger partial charge is 0.269 e. The van der Waals surface area contributed by atoms with Gasteiger partial charge in [-0.25, -0.2) is 0 Å². The Hall–Kier alpha value is -2.97. The summed E-state index contributed by atoms with van der Waals surface area (Å²) in [6.45, 7) is 3.51. The van der Waals surface area contributed by atoms with Gasteiger partial charge in [-0.15, -0.1) is 12.4 Å². The van der Waals surface area contributed by atoms with Crippen LogP contribution in [-0.4, -0.2) is 28.8 Å². The zero-order chi connectivity index (χ0) is 20.0. The van der Waals surface area contributed by atoms with Gasteiger partial charge in [0.1, 0.15) is 6.04 Å². The van der Waals surface area contributed by atoms with Crippen LogP contribution in [-0.2, 0) is 16.0 Å². The van der Waals surface area contributed by atoms with Gasteiger partial charge in [-0.3, -0.25) is 19.7 Å². The zero-order valence-corrected chi connectivity index (χ0v) is 16.4. The molecule has 0 radical (unpaired) electrons. The molecule has 0 saturated carbocycles. The molecule has 2 amide bonds. The maximum atomic E-state index is 12.2. The van der Waals surface area contributed by atoms with Crippen molar-refractivity contribution in [3.05, 3.63) is 69.8 Å². The summed E-state index contributed by atoms with van der Waals surface area (Å²) in [5, 5.41) is 16.0. The molecule has 0 spiro atoms. The van der Waals surface area contributed by atoms with Crippen molar-refractivity contribution in [1.82, 2.24) is 5.32 Å². The molecule has 150 valence electrons. The largest absolute Gasteiger partial charge is 0.343 e. The van der Waals surface area contributed by atoms with Crippen molar-refractivity contribution in [2.75, 3.05) is 5.32 Å². The maximum absolute atomic E-state index is 12.2. The number of hydrogen-bond acceptors (Lipinski definition) is 5. The average Bonchev–Trinajstić information content (AvgIpc) is 2.63. The predicted molar refractivity (Wildman–Crippen MR) is 109 cm³/mol. The van der Waals surface area contributed by atoms with Gasteiger partial charge < -0.3 is 16.4 Å². The number of nitro groups is 1. The molecule has 2 rings (SSSR count). The number of amides is 2. The van der Waals surface area contributed by atoms with Crippen molar-refractivity contribution >= 4 is 35.6 Å². The van der Waals surface area contributed by atoms with Gasteiger partial charge >= 0.3 is 0 Å². The van der Waals surface area contributed by atoms with Crippen LogP contribution in [0.3, 0.4) is 0 Å². The number of nitro benzene ring substituents is 1. The number of rotatable bonds is 7. The summed E-state index contributed by atoms with van der Waals surface area (Å²) >= 11 is 0. The Morgan fingerprint density at radius 2 is 1.64 bits per heavy atom. The average molecular weight is 407 g/mol. The number of anilines is 1. The summed E-state index contributed by atoms with van der Waals surface area (Å²) in [5.41, 5.74) is 8.27. The molecule has 4 N–H and O–H groups in total. The molecule has 0 fully saturated rings. The van der Waals surface area contributed by atoms with Gasteiger partial charge in [-0.05, 0) is 38.0 Å². The highest BCUT2D eigenvalue weighted by Crippen LogP contribution is 2.13.